The van der Waals surface area contributed by atoms with Crippen LogP contribution in [0.1, 0.15) is 36.5 Å². The Hall–Kier alpha value is -2.34. The van der Waals surface area contributed by atoms with Crippen molar-refractivity contribution in [3.63, 3.8) is 0 Å². The summed E-state index contributed by atoms with van der Waals surface area (Å²) in [5.74, 6) is 0.149. The SMILES string of the molecule is CCN(CC)c1c(Nc2ccc(C3CN(C)Cc4c(Cl)cc(Cl)cc43)cc2)c(=O)c1=O. The van der Waals surface area contributed by atoms with Gasteiger partial charge in [0.1, 0.15) is 11.4 Å². The van der Waals surface area contributed by atoms with E-state index < -0.39 is 10.9 Å². The van der Waals surface area contributed by atoms with E-state index in [0.717, 1.165) is 35.5 Å². The van der Waals surface area contributed by atoms with Gasteiger partial charge in [0, 0.05) is 47.8 Å². The second-order valence-corrected chi connectivity index (χ2v) is 8.85. The topological polar surface area (TPSA) is 52.6 Å². The van der Waals surface area contributed by atoms with E-state index in [1.807, 2.05) is 49.1 Å². The van der Waals surface area contributed by atoms with Crippen molar-refractivity contribution in [2.75, 3.05) is 36.9 Å². The van der Waals surface area contributed by atoms with Crippen LogP contribution in [0.4, 0.5) is 17.1 Å². The van der Waals surface area contributed by atoms with Gasteiger partial charge >= 0.3 is 0 Å². The fraction of sp³-hybridized carbons (Fsp3) is 0.333. The summed E-state index contributed by atoms with van der Waals surface area (Å²) >= 11 is 12.8. The number of fused-ring (bicyclic) bond motifs is 1. The normalized spacial score (nSPS) is 16.4. The second-order valence-electron chi connectivity index (χ2n) is 8.01. The van der Waals surface area contributed by atoms with E-state index in [-0.39, 0.29) is 5.92 Å². The first-order chi connectivity index (χ1) is 14.8. The van der Waals surface area contributed by atoms with Crippen LogP contribution in [0.15, 0.2) is 46.0 Å². The molecule has 1 unspecified atom stereocenters. The second kappa shape index (κ2) is 8.65. The van der Waals surface area contributed by atoms with Gasteiger partial charge in [-0.05, 0) is 61.9 Å². The number of nitrogens with one attached hydrogen (secondary N) is 1. The van der Waals surface area contributed by atoms with Gasteiger partial charge < -0.3 is 15.1 Å². The van der Waals surface area contributed by atoms with Gasteiger partial charge in [0.25, 0.3) is 10.9 Å². The smallest absolute Gasteiger partial charge is 0.253 e. The molecule has 0 bridgehead atoms. The molecule has 3 aromatic rings. The van der Waals surface area contributed by atoms with Crippen molar-refractivity contribution < 1.29 is 0 Å². The third-order valence-corrected chi connectivity index (χ3v) is 6.60. The number of nitrogens with zero attached hydrogens (tertiary/aromatic N) is 2. The van der Waals surface area contributed by atoms with Crippen LogP contribution in [0.5, 0.6) is 0 Å². The van der Waals surface area contributed by atoms with Crippen LogP contribution in [0.25, 0.3) is 0 Å². The van der Waals surface area contributed by atoms with Gasteiger partial charge in [0.2, 0.25) is 0 Å². The van der Waals surface area contributed by atoms with Gasteiger partial charge in [0.05, 0.1) is 0 Å². The molecule has 1 aliphatic heterocycles. The molecule has 0 radical (unpaired) electrons. The van der Waals surface area contributed by atoms with Gasteiger partial charge in [-0.25, -0.2) is 0 Å². The molecule has 4 rings (SSSR count). The number of anilines is 3. The number of hydrogen-bond acceptors (Lipinski definition) is 5. The molecule has 1 atom stereocenters. The minimum absolute atomic E-state index is 0.149. The molecule has 5 nitrogen and oxygen atoms in total. The number of likely N-dealkylation sites (N-methyl/N-ethyl adjacent to an activating group) is 1. The zero-order chi connectivity index (χ0) is 22.3. The Morgan fingerprint density at radius 3 is 2.39 bits per heavy atom. The van der Waals surface area contributed by atoms with Crippen LogP contribution >= 0.6 is 23.2 Å². The molecule has 162 valence electrons. The van der Waals surface area contributed by atoms with Gasteiger partial charge in [-0.3, -0.25) is 9.59 Å². The lowest BCUT2D eigenvalue weighted by Gasteiger charge is -2.33. The molecular weight excluding hydrogens is 433 g/mol. The quantitative estimate of drug-likeness (QED) is 0.540. The van der Waals surface area contributed by atoms with E-state index >= 15 is 0 Å². The molecule has 0 fully saturated rings. The Balaban J connectivity index is 1.62. The van der Waals surface area contributed by atoms with Crippen molar-refractivity contribution in [3.8, 4) is 0 Å². The lowest BCUT2D eigenvalue weighted by Crippen LogP contribution is -2.42. The van der Waals surface area contributed by atoms with Crippen LogP contribution in [0.3, 0.4) is 0 Å². The predicted octanol–water partition coefficient (Wildman–Crippen LogP) is 4.76. The number of benzene rings is 2. The summed E-state index contributed by atoms with van der Waals surface area (Å²) < 4.78 is 0. The van der Waals surface area contributed by atoms with E-state index in [2.05, 4.69) is 17.3 Å². The molecule has 1 N–H and O–H groups in total. The first-order valence-corrected chi connectivity index (χ1v) is 11.2. The maximum absolute atomic E-state index is 12.1. The standard InChI is InChI=1S/C24H25Cl2N3O2/c1-4-29(5-2)22-21(23(30)24(22)31)27-16-8-6-14(7-9-16)18-12-28(3)13-19-17(18)10-15(25)11-20(19)26/h6-11,18,27H,4-5,12-13H2,1-3H3. The Morgan fingerprint density at radius 1 is 1.06 bits per heavy atom. The molecule has 0 aliphatic carbocycles. The largest absolute Gasteiger partial charge is 0.367 e. The highest BCUT2D eigenvalue weighted by molar-refractivity contribution is 6.35. The van der Waals surface area contributed by atoms with Crippen LogP contribution in [-0.2, 0) is 6.54 Å². The first kappa shape index (κ1) is 21.9. The molecule has 0 amide bonds. The van der Waals surface area contributed by atoms with Gasteiger partial charge in [-0.1, -0.05) is 35.3 Å². The maximum Gasteiger partial charge on any atom is 0.253 e. The lowest BCUT2D eigenvalue weighted by molar-refractivity contribution is 0.295. The Morgan fingerprint density at radius 2 is 1.74 bits per heavy atom. The molecular formula is C24H25Cl2N3O2. The van der Waals surface area contributed by atoms with Gasteiger partial charge in [-0.15, -0.1) is 0 Å². The molecule has 0 aromatic heterocycles. The molecule has 0 saturated carbocycles. The van der Waals surface area contributed by atoms with Crippen LogP contribution < -0.4 is 21.1 Å². The highest BCUT2D eigenvalue weighted by atomic mass is 35.5. The third kappa shape index (κ3) is 3.98. The Bertz CT molecular complexity index is 1180. The van der Waals surface area contributed by atoms with E-state index in [1.165, 1.54) is 0 Å². The highest BCUT2D eigenvalue weighted by Gasteiger charge is 2.28. The van der Waals surface area contributed by atoms with Crippen LogP contribution in [0, 0.1) is 0 Å². The number of rotatable bonds is 6. The summed E-state index contributed by atoms with van der Waals surface area (Å²) in [6.07, 6.45) is 0. The molecule has 31 heavy (non-hydrogen) atoms. The minimum Gasteiger partial charge on any atom is -0.367 e. The summed E-state index contributed by atoms with van der Waals surface area (Å²) in [5.41, 5.74) is 4.16. The minimum atomic E-state index is -0.460. The number of halogens is 2. The fourth-order valence-corrected chi connectivity index (χ4v) is 4.98. The van der Waals surface area contributed by atoms with Crippen molar-refractivity contribution in [2.24, 2.45) is 0 Å². The molecule has 7 heteroatoms. The van der Waals surface area contributed by atoms with Gasteiger partial charge in [-0.2, -0.15) is 0 Å². The first-order valence-electron chi connectivity index (χ1n) is 10.5. The zero-order valence-electron chi connectivity index (χ0n) is 17.8. The van der Waals surface area contributed by atoms with Crippen LogP contribution in [-0.4, -0.2) is 31.6 Å². The summed E-state index contributed by atoms with van der Waals surface area (Å²) in [6, 6.07) is 11.8. The van der Waals surface area contributed by atoms with E-state index in [4.69, 9.17) is 23.2 Å². The Kier molecular flexibility index (Phi) is 6.11. The average Bonchev–Trinajstić information content (AvgIpc) is 2.76. The fourth-order valence-electron chi connectivity index (χ4n) is 4.41. The predicted molar refractivity (Wildman–Crippen MR) is 129 cm³/mol. The van der Waals surface area contributed by atoms with Crippen molar-refractivity contribution >= 4 is 40.3 Å². The Labute approximate surface area is 191 Å². The van der Waals surface area contributed by atoms with Crippen LogP contribution in [0.2, 0.25) is 10.0 Å². The third-order valence-electron chi connectivity index (χ3n) is 6.04. The van der Waals surface area contributed by atoms with E-state index in [1.54, 1.807) is 6.07 Å². The molecule has 1 heterocycles. The highest BCUT2D eigenvalue weighted by Crippen LogP contribution is 2.38. The maximum atomic E-state index is 12.1. The summed E-state index contributed by atoms with van der Waals surface area (Å²) in [6.45, 7) is 6.94. The van der Waals surface area contributed by atoms with Crippen molar-refractivity contribution in [1.29, 1.82) is 0 Å². The van der Waals surface area contributed by atoms with Crippen molar-refractivity contribution in [3.05, 3.63) is 83.6 Å². The average molecular weight is 458 g/mol. The summed E-state index contributed by atoms with van der Waals surface area (Å²) in [5, 5.41) is 4.48. The summed E-state index contributed by atoms with van der Waals surface area (Å²) in [4.78, 5) is 28.4. The zero-order valence-corrected chi connectivity index (χ0v) is 19.3. The molecule has 0 spiro atoms. The molecule has 1 aliphatic rings. The van der Waals surface area contributed by atoms with Crippen molar-refractivity contribution in [1.82, 2.24) is 4.90 Å². The summed E-state index contributed by atoms with van der Waals surface area (Å²) in [7, 11) is 2.08. The van der Waals surface area contributed by atoms with Crippen molar-refractivity contribution in [2.45, 2.75) is 26.3 Å². The van der Waals surface area contributed by atoms with Gasteiger partial charge in [0.15, 0.2) is 0 Å². The molecule has 0 saturated heterocycles. The van der Waals surface area contributed by atoms with E-state index in [0.29, 0.717) is 34.5 Å². The molecule has 3 aromatic carbocycles. The lowest BCUT2D eigenvalue weighted by atomic mass is 9.84. The van der Waals surface area contributed by atoms with E-state index in [9.17, 15) is 9.59 Å². The monoisotopic (exact) mass is 457 g/mol. The number of hydrogen-bond donors (Lipinski definition) is 1.